The van der Waals surface area contributed by atoms with E-state index >= 15 is 0 Å². The molecule has 0 radical (unpaired) electrons. The first kappa shape index (κ1) is 9.66. The number of hydrogen-bond donors (Lipinski definition) is 1. The zero-order chi connectivity index (χ0) is 12.3. The summed E-state index contributed by atoms with van der Waals surface area (Å²) in [6.07, 6.45) is 0. The predicted molar refractivity (Wildman–Crippen MR) is 71.8 cm³/mol. The molecule has 0 heterocycles. The first-order chi connectivity index (χ1) is 8.75. The van der Waals surface area contributed by atoms with Gasteiger partial charge in [0, 0.05) is 21.5 Å². The molecule has 0 saturated carbocycles. The average Bonchev–Trinajstić information content (AvgIpc) is 2.40. The van der Waals surface area contributed by atoms with E-state index in [4.69, 9.17) is 0 Å². The van der Waals surface area contributed by atoms with E-state index in [2.05, 4.69) is 0 Å². The van der Waals surface area contributed by atoms with Crippen LogP contribution in [0.3, 0.4) is 0 Å². The summed E-state index contributed by atoms with van der Waals surface area (Å²) in [5.41, 5.74) is 0. The predicted octanol–water partition coefficient (Wildman–Crippen LogP) is 4.43. The lowest BCUT2D eigenvalue weighted by Crippen LogP contribution is -1.86. The molecule has 86 valence electrons. The number of aromatic hydroxyl groups is 1. The van der Waals surface area contributed by atoms with Gasteiger partial charge in [0.1, 0.15) is 11.6 Å². The molecule has 1 nitrogen and oxygen atoms in total. The first-order valence-electron chi connectivity index (χ1n) is 5.81. The average molecular weight is 236 g/mol. The Morgan fingerprint density at radius 2 is 1.22 bits per heavy atom. The maximum absolute atomic E-state index is 13.9. The van der Waals surface area contributed by atoms with Gasteiger partial charge in [0.2, 0.25) is 0 Å². The first-order valence-corrected chi connectivity index (χ1v) is 5.81. The van der Waals surface area contributed by atoms with Gasteiger partial charge in [-0.2, -0.15) is 0 Å². The van der Waals surface area contributed by atoms with Gasteiger partial charge in [-0.25, -0.2) is 4.39 Å². The standard InChI is InChI=1S/C16H9FO/c17-13-7-3-9-2-6-12-14(18)8-4-10-1-5-11(13)15(9)16(10)12/h1-8,18H. The van der Waals surface area contributed by atoms with E-state index in [1.807, 2.05) is 24.3 Å². The number of hydrogen-bond acceptors (Lipinski definition) is 1. The molecule has 4 aromatic carbocycles. The van der Waals surface area contributed by atoms with Gasteiger partial charge in [-0.05, 0) is 22.9 Å². The second-order valence-corrected chi connectivity index (χ2v) is 4.55. The fraction of sp³-hybridized carbons (Fsp3) is 0. The lowest BCUT2D eigenvalue weighted by atomic mass is 9.94. The Kier molecular flexibility index (Phi) is 1.67. The summed E-state index contributed by atoms with van der Waals surface area (Å²) in [5.74, 6) is 0.0152. The number of phenols is 1. The molecule has 4 rings (SSSR count). The van der Waals surface area contributed by atoms with E-state index in [1.54, 1.807) is 18.2 Å². The second kappa shape index (κ2) is 3.10. The highest BCUT2D eigenvalue weighted by Crippen LogP contribution is 2.38. The highest BCUT2D eigenvalue weighted by molar-refractivity contribution is 6.24. The van der Waals surface area contributed by atoms with Gasteiger partial charge in [0.05, 0.1) is 0 Å². The van der Waals surface area contributed by atoms with Gasteiger partial charge in [0.25, 0.3) is 0 Å². The van der Waals surface area contributed by atoms with Gasteiger partial charge in [-0.1, -0.05) is 36.4 Å². The fourth-order valence-electron chi connectivity index (χ4n) is 2.75. The Hall–Kier alpha value is -2.35. The number of halogens is 1. The minimum Gasteiger partial charge on any atom is -0.507 e. The molecular weight excluding hydrogens is 227 g/mol. The molecule has 0 saturated heterocycles. The van der Waals surface area contributed by atoms with Crippen molar-refractivity contribution < 1.29 is 9.50 Å². The van der Waals surface area contributed by atoms with Crippen LogP contribution in [0, 0.1) is 5.82 Å². The quantitative estimate of drug-likeness (QED) is 0.448. The highest BCUT2D eigenvalue weighted by Gasteiger charge is 2.12. The van der Waals surface area contributed by atoms with Gasteiger partial charge in [-0.3, -0.25) is 0 Å². The van der Waals surface area contributed by atoms with Gasteiger partial charge in [0.15, 0.2) is 0 Å². The molecule has 18 heavy (non-hydrogen) atoms. The molecule has 0 unspecified atom stereocenters. The SMILES string of the molecule is Oc1ccc2ccc3c(F)ccc4ccc1c2c43. The Labute approximate surface area is 102 Å². The normalized spacial score (nSPS) is 11.8. The fourth-order valence-corrected chi connectivity index (χ4v) is 2.75. The van der Waals surface area contributed by atoms with Crippen LogP contribution in [-0.4, -0.2) is 5.11 Å². The van der Waals surface area contributed by atoms with Crippen molar-refractivity contribution in [1.82, 2.24) is 0 Å². The zero-order valence-electron chi connectivity index (χ0n) is 9.44. The van der Waals surface area contributed by atoms with Crippen molar-refractivity contribution in [3.63, 3.8) is 0 Å². The summed E-state index contributed by atoms with van der Waals surface area (Å²) in [7, 11) is 0. The summed E-state index contributed by atoms with van der Waals surface area (Å²) in [6.45, 7) is 0. The molecule has 0 aliphatic heterocycles. The molecule has 0 bridgehead atoms. The lowest BCUT2D eigenvalue weighted by Gasteiger charge is -2.11. The summed E-state index contributed by atoms with van der Waals surface area (Å²) >= 11 is 0. The van der Waals surface area contributed by atoms with Gasteiger partial charge >= 0.3 is 0 Å². The van der Waals surface area contributed by atoms with Gasteiger partial charge < -0.3 is 5.11 Å². The van der Waals surface area contributed by atoms with Crippen LogP contribution in [0.15, 0.2) is 48.5 Å². The molecule has 0 fully saturated rings. The Morgan fingerprint density at radius 3 is 2.00 bits per heavy atom. The van der Waals surface area contributed by atoms with Crippen molar-refractivity contribution in [2.75, 3.05) is 0 Å². The Balaban J connectivity index is 2.47. The minimum absolute atomic E-state index is 0.222. The van der Waals surface area contributed by atoms with Crippen molar-refractivity contribution in [1.29, 1.82) is 0 Å². The third kappa shape index (κ3) is 1.05. The molecular formula is C16H9FO. The number of phenolic OH excluding ortho intramolecular Hbond substituents is 1. The van der Waals surface area contributed by atoms with E-state index in [0.717, 1.165) is 26.9 Å². The van der Waals surface area contributed by atoms with E-state index in [9.17, 15) is 9.50 Å². The summed E-state index contributed by atoms with van der Waals surface area (Å²) < 4.78 is 13.9. The molecule has 0 aliphatic rings. The molecule has 0 amide bonds. The summed E-state index contributed by atoms with van der Waals surface area (Å²) in [5, 5.41) is 15.1. The van der Waals surface area contributed by atoms with Gasteiger partial charge in [-0.15, -0.1) is 0 Å². The van der Waals surface area contributed by atoms with Crippen LogP contribution in [0.4, 0.5) is 4.39 Å². The second-order valence-electron chi connectivity index (χ2n) is 4.55. The van der Waals surface area contributed by atoms with E-state index in [1.165, 1.54) is 6.07 Å². The van der Waals surface area contributed by atoms with Crippen LogP contribution in [0.25, 0.3) is 32.3 Å². The van der Waals surface area contributed by atoms with Crippen LogP contribution in [0.1, 0.15) is 0 Å². The van der Waals surface area contributed by atoms with E-state index < -0.39 is 0 Å². The van der Waals surface area contributed by atoms with Crippen LogP contribution in [0.5, 0.6) is 5.75 Å². The van der Waals surface area contributed by atoms with Crippen LogP contribution in [0.2, 0.25) is 0 Å². The Bertz CT molecular complexity index is 820. The molecule has 0 aromatic heterocycles. The third-order valence-corrected chi connectivity index (χ3v) is 3.59. The zero-order valence-corrected chi connectivity index (χ0v) is 9.44. The van der Waals surface area contributed by atoms with Crippen molar-refractivity contribution >= 4 is 32.3 Å². The maximum atomic E-state index is 13.9. The van der Waals surface area contributed by atoms with Crippen LogP contribution in [-0.2, 0) is 0 Å². The maximum Gasteiger partial charge on any atom is 0.131 e. The Morgan fingerprint density at radius 1 is 0.667 bits per heavy atom. The van der Waals surface area contributed by atoms with Crippen molar-refractivity contribution in [2.45, 2.75) is 0 Å². The molecule has 2 heteroatoms. The monoisotopic (exact) mass is 236 g/mol. The summed E-state index contributed by atoms with van der Waals surface area (Å²) in [6, 6.07) is 14.3. The number of benzene rings is 4. The molecule has 0 atom stereocenters. The summed E-state index contributed by atoms with van der Waals surface area (Å²) in [4.78, 5) is 0. The molecule has 0 aliphatic carbocycles. The topological polar surface area (TPSA) is 20.2 Å². The van der Waals surface area contributed by atoms with Crippen molar-refractivity contribution in [3.8, 4) is 5.75 Å². The van der Waals surface area contributed by atoms with E-state index in [0.29, 0.717) is 5.39 Å². The lowest BCUT2D eigenvalue weighted by molar-refractivity contribution is 0.482. The third-order valence-electron chi connectivity index (χ3n) is 3.59. The number of rotatable bonds is 0. The molecule has 1 N–H and O–H groups in total. The largest absolute Gasteiger partial charge is 0.507 e. The smallest absolute Gasteiger partial charge is 0.131 e. The minimum atomic E-state index is -0.222. The highest BCUT2D eigenvalue weighted by atomic mass is 19.1. The molecule has 4 aromatic rings. The van der Waals surface area contributed by atoms with E-state index in [-0.39, 0.29) is 11.6 Å². The van der Waals surface area contributed by atoms with Crippen LogP contribution < -0.4 is 0 Å². The van der Waals surface area contributed by atoms with Crippen LogP contribution >= 0.6 is 0 Å². The molecule has 0 spiro atoms. The van der Waals surface area contributed by atoms with Crippen molar-refractivity contribution in [3.05, 3.63) is 54.3 Å². The van der Waals surface area contributed by atoms with Crippen molar-refractivity contribution in [2.24, 2.45) is 0 Å².